The third kappa shape index (κ3) is 4.96. The third-order valence-corrected chi connectivity index (χ3v) is 3.66. The molecule has 0 atom stereocenters. The molecule has 126 valence electrons. The number of hydrazone groups is 1. The van der Waals surface area contributed by atoms with E-state index in [1.54, 1.807) is 14.2 Å². The normalized spacial score (nSPS) is 10.9. The van der Waals surface area contributed by atoms with Crippen LogP contribution in [0.2, 0.25) is 0 Å². The number of methoxy groups -OCH3 is 2. The quantitative estimate of drug-likeness (QED) is 0.480. The van der Waals surface area contributed by atoms with Gasteiger partial charge in [0.1, 0.15) is 0 Å². The van der Waals surface area contributed by atoms with Crippen molar-refractivity contribution in [3.05, 3.63) is 59.7 Å². The van der Waals surface area contributed by atoms with E-state index in [0.717, 1.165) is 16.8 Å². The van der Waals surface area contributed by atoms with Crippen LogP contribution in [0.25, 0.3) is 0 Å². The van der Waals surface area contributed by atoms with E-state index in [4.69, 9.17) is 21.7 Å². The van der Waals surface area contributed by atoms with Crippen molar-refractivity contribution in [3.8, 4) is 11.5 Å². The van der Waals surface area contributed by atoms with Crippen molar-refractivity contribution in [1.29, 1.82) is 0 Å². The zero-order valence-electron chi connectivity index (χ0n) is 14.0. The average Bonchev–Trinajstić information content (AvgIpc) is 2.64. The van der Waals surface area contributed by atoms with Gasteiger partial charge in [0.25, 0.3) is 0 Å². The van der Waals surface area contributed by atoms with Crippen LogP contribution in [0.5, 0.6) is 11.5 Å². The van der Waals surface area contributed by atoms with E-state index in [-0.39, 0.29) is 0 Å². The highest BCUT2D eigenvalue weighted by Gasteiger charge is 2.06. The second kappa shape index (κ2) is 8.88. The van der Waals surface area contributed by atoms with Crippen molar-refractivity contribution < 1.29 is 9.47 Å². The maximum absolute atomic E-state index is 5.30. The molecule has 5 nitrogen and oxygen atoms in total. The molecule has 0 saturated heterocycles. The van der Waals surface area contributed by atoms with E-state index < -0.39 is 0 Å². The fourth-order valence-corrected chi connectivity index (χ4v) is 2.20. The number of hydrogen-bond donors (Lipinski definition) is 2. The molecular formula is C18H21N3O2S. The summed E-state index contributed by atoms with van der Waals surface area (Å²) in [6.45, 7) is 2.55. The molecule has 0 aliphatic carbocycles. The van der Waals surface area contributed by atoms with Crippen molar-refractivity contribution in [2.75, 3.05) is 14.2 Å². The van der Waals surface area contributed by atoms with Crippen LogP contribution in [0, 0.1) is 0 Å². The minimum absolute atomic E-state index is 0.471. The summed E-state index contributed by atoms with van der Waals surface area (Å²) in [5, 5.41) is 7.89. The lowest BCUT2D eigenvalue weighted by atomic mass is 10.1. The summed E-state index contributed by atoms with van der Waals surface area (Å²) in [6.07, 6.45) is 0. The first-order valence-corrected chi connectivity index (χ1v) is 7.89. The van der Waals surface area contributed by atoms with Crippen LogP contribution in [-0.2, 0) is 6.54 Å². The van der Waals surface area contributed by atoms with Crippen LogP contribution in [0.3, 0.4) is 0 Å². The summed E-state index contributed by atoms with van der Waals surface area (Å²) in [5.41, 5.74) is 5.72. The molecule has 6 heteroatoms. The highest BCUT2D eigenvalue weighted by atomic mass is 32.1. The predicted molar refractivity (Wildman–Crippen MR) is 101 cm³/mol. The van der Waals surface area contributed by atoms with Gasteiger partial charge in [0.2, 0.25) is 0 Å². The summed E-state index contributed by atoms with van der Waals surface area (Å²) in [5.74, 6) is 1.34. The molecule has 0 heterocycles. The maximum Gasteiger partial charge on any atom is 0.187 e. The molecule has 0 radical (unpaired) electrons. The Balaban J connectivity index is 1.94. The maximum atomic E-state index is 5.30. The summed E-state index contributed by atoms with van der Waals surface area (Å²) in [6, 6.07) is 15.7. The molecule has 2 N–H and O–H groups in total. The zero-order chi connectivity index (χ0) is 17.4. The first kappa shape index (κ1) is 17.7. The topological polar surface area (TPSA) is 54.9 Å². The van der Waals surface area contributed by atoms with Gasteiger partial charge in [-0.25, -0.2) is 0 Å². The van der Waals surface area contributed by atoms with Gasteiger partial charge in [-0.2, -0.15) is 5.10 Å². The van der Waals surface area contributed by atoms with E-state index in [2.05, 4.69) is 15.8 Å². The lowest BCUT2D eigenvalue weighted by Crippen LogP contribution is -2.32. The molecule has 2 rings (SSSR count). The van der Waals surface area contributed by atoms with Crippen molar-refractivity contribution >= 4 is 23.0 Å². The number of nitrogens with zero attached hydrogens (tertiary/aromatic N) is 1. The van der Waals surface area contributed by atoms with E-state index in [9.17, 15) is 0 Å². The van der Waals surface area contributed by atoms with Gasteiger partial charge in [0.05, 0.1) is 19.9 Å². The second-order valence-corrected chi connectivity index (χ2v) is 5.46. The van der Waals surface area contributed by atoms with Gasteiger partial charge < -0.3 is 14.8 Å². The largest absolute Gasteiger partial charge is 0.493 e. The molecule has 2 aromatic rings. The monoisotopic (exact) mass is 343 g/mol. The Labute approximate surface area is 147 Å². The Morgan fingerprint density at radius 2 is 1.75 bits per heavy atom. The molecule has 0 saturated carbocycles. The first-order valence-electron chi connectivity index (χ1n) is 7.48. The molecule has 2 aromatic carbocycles. The molecule has 0 amide bonds. The molecule has 0 bridgehead atoms. The molecule has 0 spiro atoms. The Morgan fingerprint density at radius 3 is 2.42 bits per heavy atom. The number of rotatable bonds is 6. The van der Waals surface area contributed by atoms with Crippen molar-refractivity contribution in [2.45, 2.75) is 13.5 Å². The second-order valence-electron chi connectivity index (χ2n) is 5.05. The van der Waals surface area contributed by atoms with E-state index in [0.29, 0.717) is 23.2 Å². The van der Waals surface area contributed by atoms with Crippen molar-refractivity contribution in [1.82, 2.24) is 10.7 Å². The number of hydrogen-bond acceptors (Lipinski definition) is 4. The van der Waals surface area contributed by atoms with Crippen LogP contribution in [0.4, 0.5) is 0 Å². The van der Waals surface area contributed by atoms with Crippen molar-refractivity contribution in [3.63, 3.8) is 0 Å². The standard InChI is InChI=1S/C18H21N3O2S/c1-13(15-9-10-16(22-2)17(11-15)23-3)20-21-18(24)19-12-14-7-5-4-6-8-14/h4-11H,12H2,1-3H3,(H2,19,21,24)/b20-13+. The Bertz CT molecular complexity index is 717. The molecule has 0 unspecified atom stereocenters. The minimum Gasteiger partial charge on any atom is -0.493 e. The fraction of sp³-hybridized carbons (Fsp3) is 0.222. The lowest BCUT2D eigenvalue weighted by molar-refractivity contribution is 0.355. The van der Waals surface area contributed by atoms with Gasteiger partial charge in [-0.3, -0.25) is 5.43 Å². The number of thiocarbonyl (C=S) groups is 1. The molecule has 0 aliphatic rings. The average molecular weight is 343 g/mol. The van der Waals surface area contributed by atoms with Crippen LogP contribution < -0.4 is 20.2 Å². The summed E-state index contributed by atoms with van der Waals surface area (Å²) >= 11 is 5.24. The lowest BCUT2D eigenvalue weighted by Gasteiger charge is -2.10. The summed E-state index contributed by atoms with van der Waals surface area (Å²) < 4.78 is 10.5. The van der Waals surface area contributed by atoms with Gasteiger partial charge in [0, 0.05) is 12.1 Å². The van der Waals surface area contributed by atoms with Gasteiger partial charge in [-0.05, 0) is 42.9 Å². The Kier molecular flexibility index (Phi) is 6.57. The van der Waals surface area contributed by atoms with Crippen LogP contribution in [0.15, 0.2) is 53.6 Å². The summed E-state index contributed by atoms with van der Waals surface area (Å²) in [7, 11) is 3.21. The molecule has 0 aliphatic heterocycles. The van der Waals surface area contributed by atoms with Gasteiger partial charge in [-0.1, -0.05) is 30.3 Å². The Morgan fingerprint density at radius 1 is 1.04 bits per heavy atom. The minimum atomic E-state index is 0.471. The number of nitrogens with one attached hydrogen (secondary N) is 2. The summed E-state index contributed by atoms with van der Waals surface area (Å²) in [4.78, 5) is 0. The molecule has 0 aromatic heterocycles. The predicted octanol–water partition coefficient (Wildman–Crippen LogP) is 3.09. The van der Waals surface area contributed by atoms with Crippen molar-refractivity contribution in [2.24, 2.45) is 5.10 Å². The molecule has 0 fully saturated rings. The zero-order valence-corrected chi connectivity index (χ0v) is 14.8. The Hall–Kier alpha value is -2.60. The van der Waals surface area contributed by atoms with E-state index in [1.165, 1.54) is 0 Å². The smallest absolute Gasteiger partial charge is 0.187 e. The van der Waals surface area contributed by atoms with Gasteiger partial charge in [0.15, 0.2) is 16.6 Å². The first-order chi connectivity index (χ1) is 11.6. The van der Waals surface area contributed by atoms with Crippen LogP contribution in [-0.4, -0.2) is 25.0 Å². The number of ether oxygens (including phenoxy) is 2. The third-order valence-electron chi connectivity index (χ3n) is 3.42. The van der Waals surface area contributed by atoms with E-state index >= 15 is 0 Å². The van der Waals surface area contributed by atoms with Crippen LogP contribution >= 0.6 is 12.2 Å². The SMILES string of the molecule is COc1ccc(/C(C)=N/NC(=S)NCc2ccccc2)cc1OC. The van der Waals surface area contributed by atoms with Gasteiger partial charge in [-0.15, -0.1) is 0 Å². The fourth-order valence-electron chi connectivity index (χ4n) is 2.08. The molecule has 24 heavy (non-hydrogen) atoms. The van der Waals surface area contributed by atoms with Crippen LogP contribution in [0.1, 0.15) is 18.1 Å². The van der Waals surface area contributed by atoms with Gasteiger partial charge >= 0.3 is 0 Å². The highest BCUT2D eigenvalue weighted by Crippen LogP contribution is 2.27. The molecular weight excluding hydrogens is 322 g/mol. The number of benzene rings is 2. The highest BCUT2D eigenvalue weighted by molar-refractivity contribution is 7.80. The van der Waals surface area contributed by atoms with E-state index in [1.807, 2.05) is 55.5 Å².